The first-order valence-electron chi connectivity index (χ1n) is 7.82. The van der Waals surface area contributed by atoms with Gasteiger partial charge in [0, 0.05) is 13.2 Å². The largest absolute Gasteiger partial charge is 0.376 e. The highest BCUT2D eigenvalue weighted by molar-refractivity contribution is 14.0. The van der Waals surface area contributed by atoms with Crippen molar-refractivity contribution in [1.29, 1.82) is 0 Å². The summed E-state index contributed by atoms with van der Waals surface area (Å²) >= 11 is 0. The van der Waals surface area contributed by atoms with Crippen LogP contribution < -0.4 is 11.1 Å². The second-order valence-electron chi connectivity index (χ2n) is 5.75. The normalized spacial score (nSPS) is 27.9. The molecule has 3 rings (SSSR count). The minimum absolute atomic E-state index is 0. The molecule has 1 aromatic heterocycles. The molecule has 0 saturated carbocycles. The second-order valence-corrected chi connectivity index (χ2v) is 5.75. The molecule has 0 radical (unpaired) electrons. The van der Waals surface area contributed by atoms with Gasteiger partial charge in [-0.15, -0.1) is 24.0 Å². The highest BCUT2D eigenvalue weighted by Crippen LogP contribution is 2.31. The zero-order chi connectivity index (χ0) is 15.4. The fourth-order valence-corrected chi connectivity index (χ4v) is 2.75. The zero-order valence-electron chi connectivity index (χ0n) is 13.2. The summed E-state index contributed by atoms with van der Waals surface area (Å²) in [5.41, 5.74) is 5.87. The molecule has 0 spiro atoms. The van der Waals surface area contributed by atoms with E-state index in [4.69, 9.17) is 19.7 Å². The van der Waals surface area contributed by atoms with Crippen LogP contribution in [0, 0.1) is 6.92 Å². The van der Waals surface area contributed by atoms with Crippen LogP contribution >= 0.6 is 24.0 Å². The number of aryl methyl sites for hydroxylation is 1. The number of guanidine groups is 1. The van der Waals surface area contributed by atoms with Crippen LogP contribution in [0.4, 0.5) is 0 Å². The average Bonchev–Trinajstić information content (AvgIpc) is 3.24. The van der Waals surface area contributed by atoms with Crippen LogP contribution in [-0.2, 0) is 9.47 Å². The molecule has 2 aliphatic rings. The Bertz CT molecular complexity index is 518. The van der Waals surface area contributed by atoms with E-state index < -0.39 is 0 Å². The Hall–Kier alpha value is -0.940. The summed E-state index contributed by atoms with van der Waals surface area (Å²) in [6.07, 6.45) is 4.15. The summed E-state index contributed by atoms with van der Waals surface area (Å²) in [7, 11) is 0. The molecule has 0 bridgehead atoms. The number of halogens is 1. The van der Waals surface area contributed by atoms with E-state index in [1.165, 1.54) is 0 Å². The molecule has 1 unspecified atom stereocenters. The fourth-order valence-electron chi connectivity index (χ4n) is 2.75. The van der Waals surface area contributed by atoms with E-state index >= 15 is 0 Å². The molecule has 8 nitrogen and oxygen atoms in total. The number of rotatable bonds is 5. The van der Waals surface area contributed by atoms with Crippen molar-refractivity contribution < 1.29 is 14.0 Å². The van der Waals surface area contributed by atoms with Gasteiger partial charge in [-0.05, 0) is 32.6 Å². The van der Waals surface area contributed by atoms with Crippen LogP contribution in [0.1, 0.15) is 43.5 Å². The summed E-state index contributed by atoms with van der Waals surface area (Å²) < 4.78 is 16.5. The first kappa shape index (κ1) is 18.4. The second kappa shape index (κ2) is 8.78. The van der Waals surface area contributed by atoms with E-state index in [2.05, 4.69) is 20.4 Å². The summed E-state index contributed by atoms with van der Waals surface area (Å²) in [5, 5.41) is 6.89. The van der Waals surface area contributed by atoms with Crippen molar-refractivity contribution in [3.63, 3.8) is 0 Å². The van der Waals surface area contributed by atoms with Gasteiger partial charge >= 0.3 is 0 Å². The molecule has 0 aromatic carbocycles. The van der Waals surface area contributed by atoms with Crippen LogP contribution in [-0.4, -0.2) is 48.0 Å². The van der Waals surface area contributed by atoms with E-state index in [0.29, 0.717) is 30.8 Å². The Labute approximate surface area is 152 Å². The van der Waals surface area contributed by atoms with Crippen molar-refractivity contribution >= 4 is 29.9 Å². The first-order valence-corrected chi connectivity index (χ1v) is 7.82. The summed E-state index contributed by atoms with van der Waals surface area (Å²) in [6.45, 7) is 3.89. The predicted molar refractivity (Wildman–Crippen MR) is 94.8 cm³/mol. The van der Waals surface area contributed by atoms with E-state index in [-0.39, 0.29) is 42.3 Å². The van der Waals surface area contributed by atoms with Gasteiger partial charge in [-0.1, -0.05) is 5.16 Å². The van der Waals surface area contributed by atoms with Gasteiger partial charge in [0.2, 0.25) is 0 Å². The number of nitrogens with zero attached hydrogens (tertiary/aromatic N) is 3. The highest BCUT2D eigenvalue weighted by atomic mass is 127. The van der Waals surface area contributed by atoms with Crippen LogP contribution in [0.25, 0.3) is 0 Å². The molecule has 3 N–H and O–H groups in total. The van der Waals surface area contributed by atoms with Crippen LogP contribution in [0.5, 0.6) is 0 Å². The maximum absolute atomic E-state index is 5.88. The third-order valence-corrected chi connectivity index (χ3v) is 3.93. The molecule has 2 aliphatic heterocycles. The van der Waals surface area contributed by atoms with E-state index in [9.17, 15) is 0 Å². The minimum Gasteiger partial charge on any atom is -0.376 e. The molecular weight excluding hydrogens is 413 g/mol. The number of nitrogens with two attached hydrogens (primary N) is 1. The van der Waals surface area contributed by atoms with Crippen molar-refractivity contribution in [2.24, 2.45) is 10.7 Å². The van der Waals surface area contributed by atoms with Crippen molar-refractivity contribution in [3.05, 3.63) is 11.7 Å². The van der Waals surface area contributed by atoms with Crippen LogP contribution in [0.2, 0.25) is 0 Å². The number of aliphatic imine (C=N–C) groups is 1. The van der Waals surface area contributed by atoms with Gasteiger partial charge < -0.3 is 25.0 Å². The third-order valence-electron chi connectivity index (χ3n) is 3.93. The number of aromatic nitrogens is 2. The van der Waals surface area contributed by atoms with Crippen molar-refractivity contribution in [3.8, 4) is 0 Å². The molecule has 130 valence electrons. The minimum atomic E-state index is -0.123. The Balaban J connectivity index is 0.00000192. The van der Waals surface area contributed by atoms with Gasteiger partial charge in [-0.2, -0.15) is 4.98 Å². The molecule has 9 heteroatoms. The molecule has 23 heavy (non-hydrogen) atoms. The molecule has 3 atom stereocenters. The maximum atomic E-state index is 5.88. The van der Waals surface area contributed by atoms with Crippen LogP contribution in [0.15, 0.2) is 9.52 Å². The van der Waals surface area contributed by atoms with E-state index in [1.54, 1.807) is 6.92 Å². The summed E-state index contributed by atoms with van der Waals surface area (Å²) in [5.74, 6) is 1.62. The lowest BCUT2D eigenvalue weighted by Crippen LogP contribution is -2.37. The highest BCUT2D eigenvalue weighted by Gasteiger charge is 2.30. The zero-order valence-corrected chi connectivity index (χ0v) is 15.6. The molecule has 0 aliphatic carbocycles. The Morgan fingerprint density at radius 2 is 2.22 bits per heavy atom. The molecule has 2 saturated heterocycles. The van der Waals surface area contributed by atoms with Gasteiger partial charge in [0.05, 0.1) is 18.8 Å². The maximum Gasteiger partial charge on any atom is 0.255 e. The SMILES string of the molecule is Cc1noc([C@@H]2CC[C@H](CN=C(N)NCC3CCCO3)O2)n1.I. The predicted octanol–water partition coefficient (Wildman–Crippen LogP) is 1.30. The Morgan fingerprint density at radius 3 is 2.91 bits per heavy atom. The standard InChI is InChI=1S/C14H23N5O3.HI/c1-9-18-13(22-19-9)12-5-4-11(21-12)8-17-14(15)16-7-10-3-2-6-20-10;/h10-12H,2-8H2,1H3,(H3,15,16,17);1H/t10?,11-,12+;/m1./s1. The van der Waals surface area contributed by atoms with Gasteiger partial charge in [-0.3, -0.25) is 4.99 Å². The quantitative estimate of drug-likeness (QED) is 0.406. The monoisotopic (exact) mass is 437 g/mol. The fraction of sp³-hybridized carbons (Fsp3) is 0.786. The van der Waals surface area contributed by atoms with Crippen molar-refractivity contribution in [1.82, 2.24) is 15.5 Å². The number of hydrogen-bond donors (Lipinski definition) is 2. The number of hydrogen-bond acceptors (Lipinski definition) is 6. The Morgan fingerprint density at radius 1 is 1.35 bits per heavy atom. The molecule has 0 amide bonds. The number of nitrogens with one attached hydrogen (secondary N) is 1. The topological polar surface area (TPSA) is 108 Å². The van der Waals surface area contributed by atoms with Gasteiger partial charge in [0.1, 0.15) is 6.10 Å². The van der Waals surface area contributed by atoms with Crippen molar-refractivity contribution in [2.75, 3.05) is 19.7 Å². The lowest BCUT2D eigenvalue weighted by molar-refractivity contribution is 0.0309. The summed E-state index contributed by atoms with van der Waals surface area (Å²) in [4.78, 5) is 8.54. The molecular formula is C14H24IN5O3. The lowest BCUT2D eigenvalue weighted by Gasteiger charge is -2.12. The third kappa shape index (κ3) is 5.28. The van der Waals surface area contributed by atoms with E-state index in [1.807, 2.05) is 0 Å². The van der Waals surface area contributed by atoms with Crippen LogP contribution in [0.3, 0.4) is 0 Å². The Kier molecular flexibility index (Phi) is 7.03. The summed E-state index contributed by atoms with van der Waals surface area (Å²) in [6, 6.07) is 0. The molecule has 1 aromatic rings. The van der Waals surface area contributed by atoms with Gasteiger partial charge in [-0.25, -0.2) is 0 Å². The first-order chi connectivity index (χ1) is 10.7. The van der Waals surface area contributed by atoms with Crippen molar-refractivity contribution in [2.45, 2.75) is 50.9 Å². The average molecular weight is 437 g/mol. The lowest BCUT2D eigenvalue weighted by atomic mass is 10.2. The van der Waals surface area contributed by atoms with Gasteiger partial charge in [0.25, 0.3) is 5.89 Å². The smallest absolute Gasteiger partial charge is 0.255 e. The molecule has 3 heterocycles. The van der Waals surface area contributed by atoms with E-state index in [0.717, 1.165) is 32.3 Å². The van der Waals surface area contributed by atoms with Gasteiger partial charge in [0.15, 0.2) is 11.8 Å². The number of ether oxygens (including phenoxy) is 2. The molecule has 2 fully saturated rings.